The molecule has 0 saturated heterocycles. The Morgan fingerprint density at radius 3 is 2.00 bits per heavy atom. The van der Waals surface area contributed by atoms with Gasteiger partial charge in [0, 0.05) is 6.61 Å². The van der Waals surface area contributed by atoms with E-state index in [4.69, 9.17) is 4.43 Å². The molecule has 0 aliphatic heterocycles. The smallest absolute Gasteiger partial charge is 0.415 e. The van der Waals surface area contributed by atoms with Crippen LogP contribution in [0.1, 0.15) is 11.1 Å². The Labute approximate surface area is 123 Å². The van der Waals surface area contributed by atoms with Crippen LogP contribution in [-0.2, 0) is 28.1 Å². The zero-order valence-corrected chi connectivity index (χ0v) is 13.7. The first-order chi connectivity index (χ1) is 7.97. The Bertz CT molecular complexity index is 385. The van der Waals surface area contributed by atoms with E-state index in [1.165, 1.54) is 11.1 Å². The molecular formula is C15H22FeOSi. The van der Waals surface area contributed by atoms with Crippen molar-refractivity contribution in [2.75, 3.05) is 0 Å². The van der Waals surface area contributed by atoms with E-state index in [-0.39, 0.29) is 17.1 Å². The molecular weight excluding hydrogens is 280 g/mol. The number of aryl methyl sites for hydroxylation is 1. The summed E-state index contributed by atoms with van der Waals surface area (Å²) in [6.07, 6.45) is 0. The second-order valence-corrected chi connectivity index (χ2v) is 9.67. The quantitative estimate of drug-likeness (QED) is 0.600. The molecule has 0 unspecified atom stereocenters. The fourth-order valence-corrected chi connectivity index (χ4v) is 1.88. The van der Waals surface area contributed by atoms with Gasteiger partial charge in [-0.25, -0.2) is 24.3 Å². The van der Waals surface area contributed by atoms with Gasteiger partial charge in [0.05, 0.1) is 0 Å². The molecule has 0 heterocycles. The van der Waals surface area contributed by atoms with E-state index >= 15 is 0 Å². The van der Waals surface area contributed by atoms with Crippen LogP contribution in [0.5, 0.6) is 0 Å². The third kappa shape index (κ3) is 8.48. The van der Waals surface area contributed by atoms with Crippen molar-refractivity contribution < 1.29 is 21.5 Å². The van der Waals surface area contributed by atoms with Crippen LogP contribution in [0.4, 0.5) is 0 Å². The third-order valence-corrected chi connectivity index (χ3v) is 3.24. The van der Waals surface area contributed by atoms with Crippen molar-refractivity contribution in [2.24, 2.45) is 0 Å². The van der Waals surface area contributed by atoms with Crippen LogP contribution in [0.15, 0.2) is 48.5 Å². The minimum atomic E-state index is -1.31. The van der Waals surface area contributed by atoms with Crippen molar-refractivity contribution in [2.45, 2.75) is 33.2 Å². The molecule has 0 aromatic heterocycles. The first-order valence-corrected chi connectivity index (χ1v) is 9.41. The Balaban J connectivity index is 0.000000352. The van der Waals surface area contributed by atoms with E-state index in [0.29, 0.717) is 0 Å². The molecule has 2 aromatic rings. The molecule has 0 aliphatic rings. The number of hydrogen-bond donors (Lipinski definition) is 0. The average molecular weight is 302 g/mol. The molecule has 0 N–H and O–H groups in total. The first kappa shape index (κ1) is 17.4. The van der Waals surface area contributed by atoms with Crippen molar-refractivity contribution in [3.8, 4) is 0 Å². The van der Waals surface area contributed by atoms with Crippen molar-refractivity contribution in [1.29, 1.82) is 0 Å². The molecule has 100 valence electrons. The monoisotopic (exact) mass is 302 g/mol. The van der Waals surface area contributed by atoms with Crippen LogP contribution >= 0.6 is 0 Å². The first-order valence-electron chi connectivity index (χ1n) is 6.00. The summed E-state index contributed by atoms with van der Waals surface area (Å²) >= 11 is 0. The second-order valence-electron chi connectivity index (χ2n) is 5.16. The van der Waals surface area contributed by atoms with E-state index < -0.39 is 8.32 Å². The summed E-state index contributed by atoms with van der Waals surface area (Å²) in [7, 11) is -1.31. The summed E-state index contributed by atoms with van der Waals surface area (Å²) in [6.45, 7) is 9.48. The van der Waals surface area contributed by atoms with Gasteiger partial charge in [-0.1, -0.05) is 6.92 Å². The Kier molecular flexibility index (Phi) is 8.21. The molecule has 0 fully saturated rings. The van der Waals surface area contributed by atoms with Crippen LogP contribution < -0.4 is 0 Å². The van der Waals surface area contributed by atoms with Gasteiger partial charge in [-0.3, -0.25) is 0 Å². The summed E-state index contributed by atoms with van der Waals surface area (Å²) < 4.78 is 5.71. The maximum atomic E-state index is 5.71. The summed E-state index contributed by atoms with van der Waals surface area (Å²) in [4.78, 5) is 0. The summed E-state index contributed by atoms with van der Waals surface area (Å²) in [5.41, 5.74) is 2.63. The van der Waals surface area contributed by atoms with Crippen molar-refractivity contribution in [3.63, 3.8) is 0 Å². The summed E-state index contributed by atoms with van der Waals surface area (Å²) in [5.74, 6) is 0. The molecule has 2 aromatic carbocycles. The Morgan fingerprint density at radius 1 is 1.06 bits per heavy atom. The Morgan fingerprint density at radius 2 is 1.67 bits per heavy atom. The van der Waals surface area contributed by atoms with Crippen molar-refractivity contribution in [1.82, 2.24) is 0 Å². The van der Waals surface area contributed by atoms with Gasteiger partial charge < -0.3 is 4.43 Å². The zero-order valence-electron chi connectivity index (χ0n) is 11.6. The number of hydrogen-bond acceptors (Lipinski definition) is 1. The molecule has 1 nitrogen and oxygen atoms in total. The normalized spacial score (nSPS) is 10.2. The minimum Gasteiger partial charge on any atom is -0.415 e. The molecule has 0 saturated carbocycles. The molecule has 0 aliphatic carbocycles. The molecule has 2 rings (SSSR count). The van der Waals surface area contributed by atoms with Crippen LogP contribution in [0.3, 0.4) is 0 Å². The summed E-state index contributed by atoms with van der Waals surface area (Å²) in [6, 6.07) is 16.5. The molecule has 0 bridgehead atoms. The van der Waals surface area contributed by atoms with E-state index in [0.717, 1.165) is 6.61 Å². The molecule has 18 heavy (non-hydrogen) atoms. The van der Waals surface area contributed by atoms with Gasteiger partial charge in [-0.05, 0) is 19.6 Å². The predicted octanol–water partition coefficient (Wildman–Crippen LogP) is 4.47. The van der Waals surface area contributed by atoms with E-state index in [9.17, 15) is 0 Å². The van der Waals surface area contributed by atoms with Gasteiger partial charge in [0.15, 0.2) is 8.32 Å². The van der Waals surface area contributed by atoms with Crippen molar-refractivity contribution in [3.05, 3.63) is 59.7 Å². The molecule has 0 spiro atoms. The maximum absolute atomic E-state index is 5.71. The van der Waals surface area contributed by atoms with Gasteiger partial charge in [0.2, 0.25) is 0 Å². The van der Waals surface area contributed by atoms with Crippen LogP contribution in [0.25, 0.3) is 0 Å². The van der Waals surface area contributed by atoms with Gasteiger partial charge >= 0.3 is 17.1 Å². The number of rotatable bonds is 3. The molecule has 3 heteroatoms. The fraction of sp³-hybridized carbons (Fsp3) is 0.333. The predicted molar refractivity (Wildman–Crippen MR) is 76.9 cm³/mol. The average Bonchev–Trinajstić information content (AvgIpc) is 2.86. The zero-order chi connectivity index (χ0) is 12.7. The second kappa shape index (κ2) is 8.49. The van der Waals surface area contributed by atoms with E-state index in [1.807, 2.05) is 24.3 Å². The minimum absolute atomic E-state index is 0. The SMILES string of the molecule is C[Si](C)(C)OCc1ccc[cH-]1.Cc1ccc[cH-]1.[Fe+2]. The van der Waals surface area contributed by atoms with E-state index in [2.05, 4.69) is 50.8 Å². The van der Waals surface area contributed by atoms with Crippen molar-refractivity contribution >= 4 is 8.32 Å². The van der Waals surface area contributed by atoms with Gasteiger partial charge in [0.25, 0.3) is 0 Å². The summed E-state index contributed by atoms with van der Waals surface area (Å²) in [5, 5.41) is 0. The largest absolute Gasteiger partial charge is 2.00 e. The van der Waals surface area contributed by atoms with E-state index in [1.54, 1.807) is 0 Å². The fourth-order valence-electron chi connectivity index (χ4n) is 1.28. The van der Waals surface area contributed by atoms with Gasteiger partial charge in [-0.15, -0.1) is 5.56 Å². The van der Waals surface area contributed by atoms with Crippen LogP contribution in [0.2, 0.25) is 19.6 Å². The third-order valence-electron chi connectivity index (χ3n) is 2.23. The maximum Gasteiger partial charge on any atom is 2.00 e. The molecule has 0 atom stereocenters. The molecule has 0 radical (unpaired) electrons. The van der Waals surface area contributed by atoms with Crippen LogP contribution in [-0.4, -0.2) is 8.32 Å². The Hall–Kier alpha value is -0.604. The molecule has 0 amide bonds. The standard InChI is InChI=1S/C9H15OSi.C6H7.Fe/c1-11(2,3)10-8-9-6-4-5-7-9;1-6-4-2-3-5-6;/h4-7H,8H2,1-3H3;2-5H,1H3;/q2*-1;+2. The van der Waals surface area contributed by atoms with Gasteiger partial charge in [-0.2, -0.15) is 29.8 Å². The topological polar surface area (TPSA) is 9.23 Å². The van der Waals surface area contributed by atoms with Crippen LogP contribution in [0, 0.1) is 6.92 Å². The van der Waals surface area contributed by atoms with Gasteiger partial charge in [0.1, 0.15) is 0 Å².